The van der Waals surface area contributed by atoms with Crippen molar-refractivity contribution in [2.45, 2.75) is 0 Å². The molecule has 2 fully saturated rings. The molecule has 0 aromatic heterocycles. The summed E-state index contributed by atoms with van der Waals surface area (Å²) in [7, 11) is 0. The molecule has 10 nitrogen and oxygen atoms in total. The summed E-state index contributed by atoms with van der Waals surface area (Å²) < 4.78 is 9.77. The first-order chi connectivity index (χ1) is 11.6. The van der Waals surface area contributed by atoms with Gasteiger partial charge in [-0.15, -0.1) is 0 Å². The Kier molecular flexibility index (Phi) is 6.41. The van der Waals surface area contributed by atoms with Gasteiger partial charge in [0.05, 0.1) is 13.1 Å². The lowest BCUT2D eigenvalue weighted by atomic mass is 10.5. The smallest absolute Gasteiger partial charge is 0.331 e. The van der Waals surface area contributed by atoms with Crippen molar-refractivity contribution in [3.63, 3.8) is 0 Å². The van der Waals surface area contributed by atoms with Crippen molar-refractivity contribution >= 4 is 24.0 Å². The number of nitrogens with zero attached hydrogens (tertiary/aromatic N) is 2. The number of ether oxygens (including phenoxy) is 2. The minimum Gasteiger partial charge on any atom is -0.461 e. The van der Waals surface area contributed by atoms with Crippen LogP contribution in [-0.4, -0.2) is 86.3 Å². The number of hydrogen-bond donors (Lipinski definition) is 2. The van der Waals surface area contributed by atoms with Gasteiger partial charge >= 0.3 is 24.0 Å². The average Bonchev–Trinajstić information content (AvgIpc) is 3.14. The molecule has 132 valence electrons. The van der Waals surface area contributed by atoms with Gasteiger partial charge in [0.15, 0.2) is 0 Å². The molecule has 2 N–H and O–H groups in total. The Morgan fingerprint density at radius 2 is 1.29 bits per heavy atom. The molecule has 2 aliphatic heterocycles. The summed E-state index contributed by atoms with van der Waals surface area (Å²) in [5.74, 6) is -1.38. The third-order valence-corrected chi connectivity index (χ3v) is 3.46. The van der Waals surface area contributed by atoms with Gasteiger partial charge in [-0.2, -0.15) is 0 Å². The van der Waals surface area contributed by atoms with E-state index in [4.69, 9.17) is 9.47 Å². The predicted octanol–water partition coefficient (Wildman–Crippen LogP) is -1.32. The van der Waals surface area contributed by atoms with E-state index in [0.717, 1.165) is 12.2 Å². The fourth-order valence-corrected chi connectivity index (χ4v) is 2.19. The van der Waals surface area contributed by atoms with E-state index in [-0.39, 0.29) is 25.3 Å². The van der Waals surface area contributed by atoms with Crippen molar-refractivity contribution in [2.24, 2.45) is 0 Å². The van der Waals surface area contributed by atoms with E-state index in [0.29, 0.717) is 39.3 Å². The molecule has 0 radical (unpaired) electrons. The van der Waals surface area contributed by atoms with Crippen LogP contribution in [0.1, 0.15) is 0 Å². The van der Waals surface area contributed by atoms with Crippen LogP contribution in [-0.2, 0) is 19.1 Å². The highest BCUT2D eigenvalue weighted by Crippen LogP contribution is 1.97. The molecule has 4 amide bonds. The molecule has 0 bridgehead atoms. The highest BCUT2D eigenvalue weighted by molar-refractivity contribution is 5.91. The zero-order chi connectivity index (χ0) is 17.4. The maximum Gasteiger partial charge on any atom is 0.331 e. The van der Waals surface area contributed by atoms with Crippen LogP contribution in [0.3, 0.4) is 0 Å². The molecule has 0 atom stereocenters. The fraction of sp³-hybridized carbons (Fsp3) is 0.571. The molecule has 2 aliphatic rings. The number of amides is 4. The summed E-state index contributed by atoms with van der Waals surface area (Å²) in [5.41, 5.74) is 0. The van der Waals surface area contributed by atoms with E-state index < -0.39 is 11.9 Å². The van der Waals surface area contributed by atoms with Gasteiger partial charge in [-0.1, -0.05) is 0 Å². The van der Waals surface area contributed by atoms with Crippen molar-refractivity contribution < 1.29 is 28.7 Å². The van der Waals surface area contributed by atoms with Gasteiger partial charge in [0.2, 0.25) is 0 Å². The Balaban J connectivity index is 1.55. The maximum absolute atomic E-state index is 11.4. The first-order valence-corrected chi connectivity index (χ1v) is 7.63. The summed E-state index contributed by atoms with van der Waals surface area (Å²) in [6, 6.07) is -0.367. The molecule has 2 rings (SSSR count). The Bertz CT molecular complexity index is 489. The van der Waals surface area contributed by atoms with E-state index in [2.05, 4.69) is 10.6 Å². The lowest BCUT2D eigenvalue weighted by molar-refractivity contribution is -0.140. The summed E-state index contributed by atoms with van der Waals surface area (Å²) in [5, 5.41) is 5.27. The summed E-state index contributed by atoms with van der Waals surface area (Å²) in [6.07, 6.45) is 1.93. The molecule has 0 aromatic carbocycles. The molecule has 2 saturated heterocycles. The Hall–Kier alpha value is -2.78. The molecular formula is C14H20N4O6. The van der Waals surface area contributed by atoms with Crippen LogP contribution in [0.4, 0.5) is 9.59 Å². The highest BCUT2D eigenvalue weighted by Gasteiger charge is 2.19. The van der Waals surface area contributed by atoms with Crippen LogP contribution in [0.5, 0.6) is 0 Å². The van der Waals surface area contributed by atoms with Crippen LogP contribution < -0.4 is 10.6 Å². The lowest BCUT2D eigenvalue weighted by Gasteiger charge is -2.13. The number of carbonyl (C=O) groups excluding carboxylic acids is 4. The quantitative estimate of drug-likeness (QED) is 0.418. The molecule has 0 aliphatic carbocycles. The number of nitrogens with one attached hydrogen (secondary N) is 2. The second-order valence-electron chi connectivity index (χ2n) is 5.11. The van der Waals surface area contributed by atoms with Crippen molar-refractivity contribution in [1.29, 1.82) is 0 Å². The minimum atomic E-state index is -0.689. The molecule has 0 unspecified atom stereocenters. The normalized spacial score (nSPS) is 17.2. The van der Waals surface area contributed by atoms with Gasteiger partial charge in [0.25, 0.3) is 0 Å². The lowest BCUT2D eigenvalue weighted by Crippen LogP contribution is -2.31. The van der Waals surface area contributed by atoms with Gasteiger partial charge in [0, 0.05) is 38.3 Å². The van der Waals surface area contributed by atoms with Crippen molar-refractivity contribution in [2.75, 3.05) is 52.5 Å². The maximum atomic E-state index is 11.4. The second-order valence-corrected chi connectivity index (χ2v) is 5.11. The van der Waals surface area contributed by atoms with Crippen LogP contribution >= 0.6 is 0 Å². The molecule has 0 aromatic rings. The monoisotopic (exact) mass is 340 g/mol. The van der Waals surface area contributed by atoms with Crippen LogP contribution in [0.15, 0.2) is 12.2 Å². The van der Waals surface area contributed by atoms with Gasteiger partial charge in [-0.3, -0.25) is 0 Å². The average molecular weight is 340 g/mol. The Morgan fingerprint density at radius 3 is 1.62 bits per heavy atom. The van der Waals surface area contributed by atoms with Crippen LogP contribution in [0.25, 0.3) is 0 Å². The van der Waals surface area contributed by atoms with E-state index in [9.17, 15) is 19.2 Å². The van der Waals surface area contributed by atoms with Crippen molar-refractivity contribution in [3.05, 3.63) is 12.2 Å². The van der Waals surface area contributed by atoms with Crippen molar-refractivity contribution in [3.8, 4) is 0 Å². The molecule has 10 heteroatoms. The zero-order valence-corrected chi connectivity index (χ0v) is 13.2. The van der Waals surface area contributed by atoms with Gasteiger partial charge in [-0.25, -0.2) is 19.2 Å². The number of hydrogen-bond acceptors (Lipinski definition) is 6. The number of carbonyl (C=O) groups is 4. The summed E-state index contributed by atoms with van der Waals surface area (Å²) in [6.45, 7) is 3.02. The Morgan fingerprint density at radius 1 is 0.875 bits per heavy atom. The third kappa shape index (κ3) is 5.45. The number of urea groups is 2. The molecule has 24 heavy (non-hydrogen) atoms. The first-order valence-electron chi connectivity index (χ1n) is 7.63. The number of rotatable bonds is 8. The summed E-state index contributed by atoms with van der Waals surface area (Å²) in [4.78, 5) is 48.4. The van der Waals surface area contributed by atoms with Crippen LogP contribution in [0, 0.1) is 0 Å². The van der Waals surface area contributed by atoms with Gasteiger partial charge < -0.3 is 29.9 Å². The van der Waals surface area contributed by atoms with Crippen LogP contribution in [0.2, 0.25) is 0 Å². The van der Waals surface area contributed by atoms with Crippen molar-refractivity contribution in [1.82, 2.24) is 20.4 Å². The minimum absolute atomic E-state index is 0.0513. The SMILES string of the molecule is O=C(/C=C\C(=O)OCCN1CCNC1=O)OCCN1CCNC1=O. The van der Waals surface area contributed by atoms with Gasteiger partial charge in [0.1, 0.15) is 13.2 Å². The van der Waals surface area contributed by atoms with E-state index in [1.807, 2.05) is 0 Å². The predicted molar refractivity (Wildman–Crippen MR) is 81.0 cm³/mol. The Labute approximate surface area is 138 Å². The fourth-order valence-electron chi connectivity index (χ4n) is 2.19. The second kappa shape index (κ2) is 8.75. The molecule has 2 heterocycles. The standard InChI is InChI=1S/C14H20N4O6/c19-11(23-9-7-17-5-3-15-13(17)21)1-2-12(20)24-10-8-18-6-4-16-14(18)22/h1-2H,3-10H2,(H,15,21)(H,16,22)/b2-1-. The molecule has 0 saturated carbocycles. The number of esters is 2. The molecular weight excluding hydrogens is 320 g/mol. The largest absolute Gasteiger partial charge is 0.461 e. The van der Waals surface area contributed by atoms with E-state index in [1.165, 1.54) is 9.80 Å². The van der Waals surface area contributed by atoms with Gasteiger partial charge in [-0.05, 0) is 0 Å². The third-order valence-electron chi connectivity index (χ3n) is 3.46. The highest BCUT2D eigenvalue weighted by atomic mass is 16.5. The van der Waals surface area contributed by atoms with E-state index in [1.54, 1.807) is 0 Å². The van der Waals surface area contributed by atoms with E-state index >= 15 is 0 Å². The zero-order valence-electron chi connectivity index (χ0n) is 13.2. The molecule has 0 spiro atoms. The summed E-state index contributed by atoms with van der Waals surface area (Å²) >= 11 is 0. The first kappa shape index (κ1) is 17.6. The topological polar surface area (TPSA) is 117 Å².